The Hall–Kier alpha value is -2.86. The summed E-state index contributed by atoms with van der Waals surface area (Å²) < 4.78 is 10.7. The molecule has 3 aromatic rings. The van der Waals surface area contributed by atoms with E-state index < -0.39 is 0 Å². The number of halogens is 1. The van der Waals surface area contributed by atoms with Crippen LogP contribution in [0.4, 0.5) is 0 Å². The van der Waals surface area contributed by atoms with Crippen molar-refractivity contribution in [1.82, 2.24) is 15.5 Å². The lowest BCUT2D eigenvalue weighted by molar-refractivity contribution is -0.123. The zero-order valence-electron chi connectivity index (χ0n) is 15.4. The molecule has 140 valence electrons. The number of carbonyl (C=O) groups excluding carboxylic acids is 1. The summed E-state index contributed by atoms with van der Waals surface area (Å²) in [6.07, 6.45) is 0. The van der Waals surface area contributed by atoms with Gasteiger partial charge in [0.15, 0.2) is 6.61 Å². The fraction of sp³-hybridized carbons (Fsp3) is 0.250. The summed E-state index contributed by atoms with van der Waals surface area (Å²) in [6.45, 7) is 5.81. The molecule has 0 spiro atoms. The van der Waals surface area contributed by atoms with Gasteiger partial charge < -0.3 is 14.6 Å². The molecule has 1 aromatic heterocycles. The summed E-state index contributed by atoms with van der Waals surface area (Å²) in [5.74, 6) is 1.14. The Morgan fingerprint density at radius 1 is 1.19 bits per heavy atom. The first kappa shape index (κ1) is 18.9. The highest BCUT2D eigenvalue weighted by molar-refractivity contribution is 6.32. The van der Waals surface area contributed by atoms with E-state index in [1.807, 2.05) is 45.0 Å². The molecule has 0 aliphatic rings. The highest BCUT2D eigenvalue weighted by atomic mass is 35.5. The number of nitrogens with one attached hydrogen (secondary N) is 1. The number of carbonyl (C=O) groups is 1. The molecule has 0 fully saturated rings. The highest BCUT2D eigenvalue weighted by Crippen LogP contribution is 2.25. The largest absolute Gasteiger partial charge is 0.484 e. The number of rotatable bonds is 6. The number of benzene rings is 2. The van der Waals surface area contributed by atoms with E-state index in [-0.39, 0.29) is 19.1 Å². The molecule has 27 heavy (non-hydrogen) atoms. The minimum absolute atomic E-state index is 0.112. The van der Waals surface area contributed by atoms with Crippen LogP contribution in [0, 0.1) is 20.8 Å². The highest BCUT2D eigenvalue weighted by Gasteiger charge is 2.11. The second-order valence-corrected chi connectivity index (χ2v) is 6.70. The van der Waals surface area contributed by atoms with Crippen molar-refractivity contribution in [3.05, 3.63) is 64.0 Å². The summed E-state index contributed by atoms with van der Waals surface area (Å²) in [4.78, 5) is 16.3. The van der Waals surface area contributed by atoms with Gasteiger partial charge in [0, 0.05) is 10.6 Å². The molecule has 0 aliphatic carbocycles. The predicted octanol–water partition coefficient (Wildman–Crippen LogP) is 4.01. The van der Waals surface area contributed by atoms with Crippen LogP contribution in [0.2, 0.25) is 5.02 Å². The van der Waals surface area contributed by atoms with Gasteiger partial charge in [-0.05, 0) is 50.1 Å². The lowest BCUT2D eigenvalue weighted by Gasteiger charge is -2.09. The number of aromatic nitrogens is 2. The number of hydrogen-bond acceptors (Lipinski definition) is 5. The smallest absolute Gasteiger partial charge is 0.258 e. The fourth-order valence-electron chi connectivity index (χ4n) is 2.59. The van der Waals surface area contributed by atoms with Gasteiger partial charge in [0.05, 0.1) is 6.54 Å². The van der Waals surface area contributed by atoms with E-state index in [2.05, 4.69) is 15.5 Å². The molecule has 1 N–H and O–H groups in total. The quantitative estimate of drug-likeness (QED) is 0.693. The summed E-state index contributed by atoms with van der Waals surface area (Å²) in [6, 6.07) is 11.4. The molecule has 0 aliphatic heterocycles. The van der Waals surface area contributed by atoms with Crippen LogP contribution >= 0.6 is 11.6 Å². The van der Waals surface area contributed by atoms with E-state index in [0.717, 1.165) is 22.3 Å². The first-order valence-corrected chi connectivity index (χ1v) is 8.86. The van der Waals surface area contributed by atoms with Crippen molar-refractivity contribution in [2.75, 3.05) is 6.61 Å². The molecule has 6 nitrogen and oxygen atoms in total. The Bertz CT molecular complexity index is 946. The van der Waals surface area contributed by atoms with Crippen LogP contribution in [0.15, 0.2) is 40.9 Å². The monoisotopic (exact) mass is 385 g/mol. The molecule has 0 saturated heterocycles. The average Bonchev–Trinajstić information content (AvgIpc) is 3.11. The molecule has 0 atom stereocenters. The molecule has 0 bridgehead atoms. The van der Waals surface area contributed by atoms with Crippen LogP contribution in [0.3, 0.4) is 0 Å². The maximum atomic E-state index is 12.0. The molecule has 1 heterocycles. The van der Waals surface area contributed by atoms with Crippen LogP contribution in [-0.2, 0) is 11.3 Å². The molecule has 1 amide bonds. The molecular weight excluding hydrogens is 366 g/mol. The van der Waals surface area contributed by atoms with Crippen molar-refractivity contribution in [3.8, 4) is 17.1 Å². The normalized spacial score (nSPS) is 10.7. The predicted molar refractivity (Wildman–Crippen MR) is 103 cm³/mol. The molecule has 7 heteroatoms. The first-order valence-electron chi connectivity index (χ1n) is 8.48. The Morgan fingerprint density at radius 2 is 1.93 bits per heavy atom. The van der Waals surface area contributed by atoms with Crippen molar-refractivity contribution >= 4 is 17.5 Å². The molecular formula is C20H20ClN3O3. The van der Waals surface area contributed by atoms with Crippen molar-refractivity contribution in [3.63, 3.8) is 0 Å². The van der Waals surface area contributed by atoms with E-state index in [9.17, 15) is 4.79 Å². The van der Waals surface area contributed by atoms with E-state index in [4.69, 9.17) is 20.9 Å². The number of ether oxygens (including phenoxy) is 1. The van der Waals surface area contributed by atoms with Crippen LogP contribution in [0.1, 0.15) is 22.6 Å². The van der Waals surface area contributed by atoms with Crippen molar-refractivity contribution < 1.29 is 14.1 Å². The molecule has 3 rings (SSSR count). The van der Waals surface area contributed by atoms with Crippen LogP contribution in [0.25, 0.3) is 11.4 Å². The van der Waals surface area contributed by atoms with Gasteiger partial charge in [-0.3, -0.25) is 4.79 Å². The zero-order valence-corrected chi connectivity index (χ0v) is 16.1. The second kappa shape index (κ2) is 8.22. The molecule has 0 radical (unpaired) electrons. The summed E-state index contributed by atoms with van der Waals surface area (Å²) in [7, 11) is 0. The van der Waals surface area contributed by atoms with Crippen LogP contribution < -0.4 is 10.1 Å². The Labute approximate surface area is 162 Å². The van der Waals surface area contributed by atoms with Crippen LogP contribution in [-0.4, -0.2) is 22.7 Å². The third-order valence-electron chi connectivity index (χ3n) is 3.96. The van der Waals surface area contributed by atoms with E-state index in [1.165, 1.54) is 0 Å². The van der Waals surface area contributed by atoms with Gasteiger partial charge in [-0.1, -0.05) is 40.5 Å². The lowest BCUT2D eigenvalue weighted by atomic mass is 10.1. The number of nitrogens with zero attached hydrogens (tertiary/aromatic N) is 2. The maximum Gasteiger partial charge on any atom is 0.258 e. The Balaban J connectivity index is 1.52. The van der Waals surface area contributed by atoms with Gasteiger partial charge in [0.2, 0.25) is 11.7 Å². The topological polar surface area (TPSA) is 77.2 Å². The molecule has 2 aromatic carbocycles. The van der Waals surface area contributed by atoms with Gasteiger partial charge in [0.1, 0.15) is 5.75 Å². The molecule has 0 saturated carbocycles. The summed E-state index contributed by atoms with van der Waals surface area (Å²) >= 11 is 6.13. The van der Waals surface area contributed by atoms with Crippen LogP contribution in [0.5, 0.6) is 5.75 Å². The van der Waals surface area contributed by atoms with Gasteiger partial charge >= 0.3 is 0 Å². The van der Waals surface area contributed by atoms with Gasteiger partial charge in [0.25, 0.3) is 5.91 Å². The van der Waals surface area contributed by atoms with Gasteiger partial charge in [-0.25, -0.2) is 0 Å². The first-order chi connectivity index (χ1) is 12.9. The minimum Gasteiger partial charge on any atom is -0.484 e. The van der Waals surface area contributed by atoms with Crippen molar-refractivity contribution in [2.24, 2.45) is 0 Å². The number of amides is 1. The standard InChI is InChI=1S/C20H20ClN3O3/c1-12-5-4-6-15(7-12)20-23-18(27-24-20)10-22-17(25)11-26-16-8-13(2)19(21)14(3)9-16/h4-9H,10-11H2,1-3H3,(H,22,25). The SMILES string of the molecule is Cc1cccc(-c2noc(CNC(=O)COc3cc(C)c(Cl)c(C)c3)n2)c1. The van der Waals surface area contributed by atoms with Crippen molar-refractivity contribution in [2.45, 2.75) is 27.3 Å². The van der Waals surface area contributed by atoms with Crippen molar-refractivity contribution in [1.29, 1.82) is 0 Å². The number of hydrogen-bond donors (Lipinski definition) is 1. The summed E-state index contributed by atoms with van der Waals surface area (Å²) in [5, 5.41) is 7.35. The summed E-state index contributed by atoms with van der Waals surface area (Å²) in [5.41, 5.74) is 3.79. The van der Waals surface area contributed by atoms with E-state index in [0.29, 0.717) is 22.5 Å². The lowest BCUT2D eigenvalue weighted by Crippen LogP contribution is -2.28. The molecule has 0 unspecified atom stereocenters. The van der Waals surface area contributed by atoms with Gasteiger partial charge in [-0.15, -0.1) is 0 Å². The van der Waals surface area contributed by atoms with Gasteiger partial charge in [-0.2, -0.15) is 4.98 Å². The fourth-order valence-corrected chi connectivity index (χ4v) is 2.70. The minimum atomic E-state index is -0.282. The van der Waals surface area contributed by atoms with E-state index >= 15 is 0 Å². The zero-order chi connectivity index (χ0) is 19.4. The Kier molecular flexibility index (Phi) is 5.76. The maximum absolute atomic E-state index is 12.0. The number of aryl methyl sites for hydroxylation is 3. The average molecular weight is 386 g/mol. The second-order valence-electron chi connectivity index (χ2n) is 6.32. The Morgan fingerprint density at radius 3 is 2.63 bits per heavy atom. The third-order valence-corrected chi connectivity index (χ3v) is 4.56. The third kappa shape index (κ3) is 4.86. The van der Waals surface area contributed by atoms with E-state index in [1.54, 1.807) is 12.1 Å².